The van der Waals surface area contributed by atoms with E-state index in [2.05, 4.69) is 15.4 Å². The summed E-state index contributed by atoms with van der Waals surface area (Å²) in [5.74, 6) is -2.38. The van der Waals surface area contributed by atoms with Gasteiger partial charge in [0.2, 0.25) is 0 Å². The fourth-order valence-electron chi connectivity index (χ4n) is 7.07. The molecule has 0 saturated carbocycles. The van der Waals surface area contributed by atoms with Gasteiger partial charge in [0.25, 0.3) is 11.8 Å². The minimum atomic E-state index is -1.76. The monoisotopic (exact) mass is 683 g/mol. The zero-order valence-electron chi connectivity index (χ0n) is 26.1. The third-order valence-electron chi connectivity index (χ3n) is 9.33. The number of imide groups is 1. The number of aromatic nitrogens is 3. The van der Waals surface area contributed by atoms with Crippen LogP contribution in [-0.4, -0.2) is 106 Å². The molecule has 50 heavy (non-hydrogen) atoms. The summed E-state index contributed by atoms with van der Waals surface area (Å²) in [4.78, 5) is 48.3. The van der Waals surface area contributed by atoms with Gasteiger partial charge in [0.05, 0.1) is 59.1 Å². The highest BCUT2D eigenvalue weighted by Crippen LogP contribution is 2.47. The van der Waals surface area contributed by atoms with Gasteiger partial charge in [-0.05, 0) is 36.4 Å². The van der Waals surface area contributed by atoms with E-state index in [0.717, 1.165) is 5.01 Å². The lowest BCUT2D eigenvalue weighted by Gasteiger charge is -2.41. The molecule has 0 radical (unpaired) electrons. The Labute approximate surface area is 280 Å². The Morgan fingerprint density at radius 1 is 0.940 bits per heavy atom. The molecule has 8 rings (SSSR count). The van der Waals surface area contributed by atoms with E-state index in [4.69, 9.17) is 9.47 Å². The van der Waals surface area contributed by atoms with Crippen LogP contribution in [0.4, 0.5) is 0 Å². The molecule has 1 fully saturated rings. The number of aromatic amines is 1. The average molecular weight is 684 g/mol. The smallest absolute Gasteiger partial charge is 0.356 e. The van der Waals surface area contributed by atoms with Crippen LogP contribution < -0.4 is 5.43 Å². The van der Waals surface area contributed by atoms with Crippen LogP contribution in [0.2, 0.25) is 0 Å². The predicted octanol–water partition coefficient (Wildman–Crippen LogP) is 1.29. The van der Waals surface area contributed by atoms with E-state index >= 15 is 0 Å². The lowest BCUT2D eigenvalue weighted by molar-refractivity contribution is -0.249. The van der Waals surface area contributed by atoms with E-state index in [1.807, 2.05) is 0 Å². The van der Waals surface area contributed by atoms with Gasteiger partial charge < -0.3 is 49.7 Å². The molecule has 0 spiro atoms. The van der Waals surface area contributed by atoms with Gasteiger partial charge in [0.15, 0.2) is 6.23 Å². The topological polar surface area (TPSA) is 240 Å². The molecule has 0 bridgehead atoms. The minimum Gasteiger partial charge on any atom is -0.508 e. The van der Waals surface area contributed by atoms with Crippen molar-refractivity contribution in [1.29, 1.82) is 0 Å². The Hall–Kier alpha value is -5.62. The van der Waals surface area contributed by atoms with Gasteiger partial charge in [-0.15, -0.1) is 0 Å². The molecule has 1 saturated heterocycles. The number of aliphatic hydroxyl groups is 4. The molecule has 2 amide bonds. The number of benzene rings is 3. The van der Waals surface area contributed by atoms with Crippen molar-refractivity contribution in [3.8, 4) is 11.5 Å². The van der Waals surface area contributed by atoms with Gasteiger partial charge >= 0.3 is 5.97 Å². The fraction of sp³-hybridized carbons (Fsp3) is 0.235. The second-order valence-electron chi connectivity index (χ2n) is 12.2. The molecule has 5 unspecified atom stereocenters. The van der Waals surface area contributed by atoms with Crippen LogP contribution in [-0.2, 0) is 16.0 Å². The first kappa shape index (κ1) is 31.6. The molecule has 8 N–H and O–H groups in total. The minimum absolute atomic E-state index is 0.0192. The van der Waals surface area contributed by atoms with Crippen LogP contribution in [0.15, 0.2) is 54.6 Å². The number of hydrogen-bond donors (Lipinski definition) is 8. The Morgan fingerprint density at radius 3 is 2.36 bits per heavy atom. The SMILES string of the molecule is COC(=O)c1cccc(CNN2C(=O)c3c(c4c5ccc(O)cc5n(C5OC(CO)C(O)C(O)C5O)c4c4[nH]c5cc(O)ccc5c34)C2=O)n1. The summed E-state index contributed by atoms with van der Waals surface area (Å²) < 4.78 is 12.2. The number of H-pyrrole nitrogens is 1. The predicted molar refractivity (Wildman–Crippen MR) is 174 cm³/mol. The van der Waals surface area contributed by atoms with Crippen molar-refractivity contribution >= 4 is 61.4 Å². The molecule has 16 nitrogen and oxygen atoms in total. The molecule has 2 aliphatic heterocycles. The second-order valence-corrected chi connectivity index (χ2v) is 12.2. The lowest BCUT2D eigenvalue weighted by Crippen LogP contribution is -2.56. The van der Waals surface area contributed by atoms with Crippen molar-refractivity contribution < 1.29 is 54.5 Å². The van der Waals surface area contributed by atoms with Gasteiger partial charge in [-0.1, -0.05) is 6.07 Å². The van der Waals surface area contributed by atoms with E-state index in [1.165, 1.54) is 48.1 Å². The Morgan fingerprint density at radius 2 is 1.64 bits per heavy atom. The number of hydrogen-bond acceptors (Lipinski definition) is 13. The first-order valence-electron chi connectivity index (χ1n) is 15.5. The maximum absolute atomic E-state index is 14.4. The van der Waals surface area contributed by atoms with Crippen LogP contribution in [0.25, 0.3) is 43.6 Å². The van der Waals surface area contributed by atoms with Gasteiger partial charge in [-0.25, -0.2) is 20.2 Å². The second kappa shape index (κ2) is 11.5. The third-order valence-corrected chi connectivity index (χ3v) is 9.33. The summed E-state index contributed by atoms with van der Waals surface area (Å²) in [6, 6.07) is 13.4. The van der Waals surface area contributed by atoms with Gasteiger partial charge in [0.1, 0.15) is 41.6 Å². The number of nitrogens with one attached hydrogen (secondary N) is 2. The van der Waals surface area contributed by atoms with Gasteiger partial charge in [-0.3, -0.25) is 9.59 Å². The van der Waals surface area contributed by atoms with Crippen molar-refractivity contribution in [2.45, 2.75) is 37.2 Å². The quantitative estimate of drug-likeness (QED) is 0.0913. The first-order valence-corrected chi connectivity index (χ1v) is 15.5. The average Bonchev–Trinajstić information content (AvgIpc) is 3.72. The lowest BCUT2D eigenvalue weighted by atomic mass is 9.96. The van der Waals surface area contributed by atoms with E-state index in [1.54, 1.807) is 18.2 Å². The summed E-state index contributed by atoms with van der Waals surface area (Å²) in [6.07, 6.45) is -7.93. The van der Waals surface area contributed by atoms with E-state index in [9.17, 15) is 45.0 Å². The largest absolute Gasteiger partial charge is 0.508 e. The highest BCUT2D eigenvalue weighted by Gasteiger charge is 2.47. The number of carbonyl (C=O) groups excluding carboxylic acids is 3. The molecular weight excluding hydrogens is 654 g/mol. The number of fused-ring (bicyclic) bond motifs is 10. The zero-order chi connectivity index (χ0) is 35.2. The number of carbonyl (C=O) groups is 3. The number of aromatic hydroxyl groups is 2. The Kier molecular flexibility index (Phi) is 7.26. The van der Waals surface area contributed by atoms with Crippen LogP contribution in [0.3, 0.4) is 0 Å². The van der Waals surface area contributed by atoms with E-state index in [0.29, 0.717) is 32.9 Å². The summed E-state index contributed by atoms with van der Waals surface area (Å²) in [6.45, 7) is -0.837. The summed E-state index contributed by atoms with van der Waals surface area (Å²) in [5, 5.41) is 65.8. The molecule has 5 atom stereocenters. The number of ether oxygens (including phenoxy) is 2. The Bertz CT molecular complexity index is 2420. The number of aliphatic hydroxyl groups excluding tert-OH is 4. The van der Waals surface area contributed by atoms with Crippen molar-refractivity contribution in [3.05, 3.63) is 77.1 Å². The molecule has 3 aromatic carbocycles. The summed E-state index contributed by atoms with van der Waals surface area (Å²) in [5.41, 5.74) is 4.36. The van der Waals surface area contributed by atoms with E-state index in [-0.39, 0.29) is 51.3 Å². The molecule has 3 aromatic heterocycles. The van der Waals surface area contributed by atoms with Crippen LogP contribution in [0.5, 0.6) is 11.5 Å². The van der Waals surface area contributed by atoms with Crippen molar-refractivity contribution in [2.24, 2.45) is 0 Å². The number of amides is 2. The number of phenols is 2. The maximum atomic E-state index is 14.4. The molecule has 2 aliphatic rings. The summed E-state index contributed by atoms with van der Waals surface area (Å²) in [7, 11) is 1.22. The van der Waals surface area contributed by atoms with Crippen molar-refractivity contribution in [2.75, 3.05) is 13.7 Å². The number of esters is 1. The molecular formula is C34H29N5O11. The highest BCUT2D eigenvalue weighted by molar-refractivity contribution is 6.39. The van der Waals surface area contributed by atoms with Gasteiger partial charge in [-0.2, -0.15) is 0 Å². The standard InChI is InChI=1S/C34H29N5O11/c1-49-34(48)18-4-2-3-13(36-18)11-35-39-31(46)24-22-16-7-5-14(41)9-19(16)37-26(22)27-23(25(24)32(39)47)17-8-6-15(42)10-20(17)38(27)33-30(45)29(44)28(43)21(12-40)50-33/h2-10,21,28-30,33,35,37,40-45H,11-12H2,1H3. The number of hydrazine groups is 1. The van der Waals surface area contributed by atoms with Crippen LogP contribution >= 0.6 is 0 Å². The summed E-state index contributed by atoms with van der Waals surface area (Å²) >= 11 is 0. The molecule has 16 heteroatoms. The van der Waals surface area contributed by atoms with Gasteiger partial charge in [0, 0.05) is 33.7 Å². The first-order chi connectivity index (χ1) is 24.0. The Balaban J connectivity index is 1.39. The number of methoxy groups -OCH3 is 1. The zero-order valence-corrected chi connectivity index (χ0v) is 26.1. The molecule has 6 aromatic rings. The molecule has 0 aliphatic carbocycles. The number of pyridine rings is 1. The highest BCUT2D eigenvalue weighted by atomic mass is 16.6. The maximum Gasteiger partial charge on any atom is 0.356 e. The normalized spacial score (nSPS) is 22.3. The number of phenolic OH excluding ortho intramolecular Hbond substituents is 2. The molecule has 5 heterocycles. The van der Waals surface area contributed by atoms with Crippen LogP contribution in [0, 0.1) is 0 Å². The van der Waals surface area contributed by atoms with Crippen molar-refractivity contribution in [3.63, 3.8) is 0 Å². The third kappa shape index (κ3) is 4.47. The van der Waals surface area contributed by atoms with E-state index < -0.39 is 55.0 Å². The van der Waals surface area contributed by atoms with Crippen molar-refractivity contribution in [1.82, 2.24) is 25.0 Å². The number of nitrogens with zero attached hydrogens (tertiary/aromatic N) is 3. The van der Waals surface area contributed by atoms with Crippen LogP contribution in [0.1, 0.15) is 43.1 Å². The number of rotatable bonds is 6. The fourth-order valence-corrected chi connectivity index (χ4v) is 7.07. The molecule has 256 valence electrons.